The van der Waals surface area contributed by atoms with Gasteiger partial charge >= 0.3 is 0 Å². The molecular weight excluding hydrogens is 246 g/mol. The Morgan fingerprint density at radius 1 is 1.15 bits per heavy atom. The lowest BCUT2D eigenvalue weighted by Gasteiger charge is -2.09. The summed E-state index contributed by atoms with van der Waals surface area (Å²) in [6, 6.07) is 8.86. The summed E-state index contributed by atoms with van der Waals surface area (Å²) in [7, 11) is 0. The molecular formula is C17H25N3. The van der Waals surface area contributed by atoms with Crippen molar-refractivity contribution in [2.45, 2.75) is 52.7 Å². The molecule has 0 atom stereocenters. The lowest BCUT2D eigenvalue weighted by molar-refractivity contribution is 0.588. The van der Waals surface area contributed by atoms with E-state index >= 15 is 0 Å². The lowest BCUT2D eigenvalue weighted by atomic mass is 10.0. The van der Waals surface area contributed by atoms with Gasteiger partial charge in [0.05, 0.1) is 6.54 Å². The van der Waals surface area contributed by atoms with Crippen molar-refractivity contribution in [1.29, 1.82) is 0 Å². The van der Waals surface area contributed by atoms with E-state index in [0.29, 0.717) is 5.92 Å². The normalized spacial score (nSPS) is 11.2. The van der Waals surface area contributed by atoms with Crippen molar-refractivity contribution < 1.29 is 0 Å². The summed E-state index contributed by atoms with van der Waals surface area (Å²) >= 11 is 0. The van der Waals surface area contributed by atoms with E-state index in [0.717, 1.165) is 31.9 Å². The summed E-state index contributed by atoms with van der Waals surface area (Å²) in [4.78, 5) is 4.40. The van der Waals surface area contributed by atoms with E-state index in [1.54, 1.807) is 0 Å². The molecule has 0 saturated heterocycles. The molecule has 0 amide bonds. The smallest absolute Gasteiger partial charge is 0.122 e. The van der Waals surface area contributed by atoms with Crippen LogP contribution in [0.2, 0.25) is 0 Å². The van der Waals surface area contributed by atoms with E-state index in [1.807, 2.05) is 6.20 Å². The third-order valence-corrected chi connectivity index (χ3v) is 3.52. The summed E-state index contributed by atoms with van der Waals surface area (Å²) in [5.74, 6) is 1.71. The number of imidazole rings is 1. The average molecular weight is 271 g/mol. The SMILES string of the molecule is CCCn1ccnc1CNCc1ccc(C(C)C)cc1. The van der Waals surface area contributed by atoms with E-state index in [1.165, 1.54) is 11.1 Å². The largest absolute Gasteiger partial charge is 0.334 e. The van der Waals surface area contributed by atoms with Gasteiger partial charge in [0.2, 0.25) is 0 Å². The number of hydrogen-bond acceptors (Lipinski definition) is 2. The molecule has 0 unspecified atom stereocenters. The first kappa shape index (κ1) is 14.8. The Hall–Kier alpha value is -1.61. The quantitative estimate of drug-likeness (QED) is 0.832. The van der Waals surface area contributed by atoms with Crippen molar-refractivity contribution in [1.82, 2.24) is 14.9 Å². The van der Waals surface area contributed by atoms with Crippen molar-refractivity contribution in [3.8, 4) is 0 Å². The molecule has 1 heterocycles. The van der Waals surface area contributed by atoms with E-state index in [9.17, 15) is 0 Å². The zero-order valence-corrected chi connectivity index (χ0v) is 12.8. The summed E-state index contributed by atoms with van der Waals surface area (Å²) < 4.78 is 2.22. The van der Waals surface area contributed by atoms with Crippen molar-refractivity contribution in [2.24, 2.45) is 0 Å². The van der Waals surface area contributed by atoms with E-state index in [-0.39, 0.29) is 0 Å². The molecule has 0 aliphatic heterocycles. The predicted molar refractivity (Wildman–Crippen MR) is 83.6 cm³/mol. The van der Waals surface area contributed by atoms with E-state index in [2.05, 4.69) is 66.1 Å². The Bertz CT molecular complexity index is 511. The first-order valence-corrected chi connectivity index (χ1v) is 7.50. The number of nitrogens with zero attached hydrogens (tertiary/aromatic N) is 2. The molecule has 0 aliphatic carbocycles. The minimum Gasteiger partial charge on any atom is -0.334 e. The first-order chi connectivity index (χ1) is 9.70. The number of nitrogens with one attached hydrogen (secondary N) is 1. The minimum absolute atomic E-state index is 0.596. The fourth-order valence-electron chi connectivity index (χ4n) is 2.29. The van der Waals surface area contributed by atoms with Gasteiger partial charge in [0.25, 0.3) is 0 Å². The van der Waals surface area contributed by atoms with Crippen molar-refractivity contribution >= 4 is 0 Å². The molecule has 0 bridgehead atoms. The van der Waals surface area contributed by atoms with Crippen molar-refractivity contribution in [2.75, 3.05) is 0 Å². The van der Waals surface area contributed by atoms with Crippen molar-refractivity contribution in [3.05, 3.63) is 53.6 Å². The second kappa shape index (κ2) is 7.25. The number of benzene rings is 1. The molecule has 3 heteroatoms. The maximum atomic E-state index is 4.40. The van der Waals surface area contributed by atoms with Gasteiger partial charge in [0.15, 0.2) is 0 Å². The summed E-state index contributed by atoms with van der Waals surface area (Å²) in [6.07, 6.45) is 5.07. The highest BCUT2D eigenvalue weighted by atomic mass is 15.1. The zero-order chi connectivity index (χ0) is 14.4. The molecule has 1 N–H and O–H groups in total. The molecule has 2 rings (SSSR count). The maximum absolute atomic E-state index is 4.40. The van der Waals surface area contributed by atoms with Gasteiger partial charge in [-0.2, -0.15) is 0 Å². The Balaban J connectivity index is 1.84. The van der Waals surface area contributed by atoms with Crippen LogP contribution in [0.15, 0.2) is 36.7 Å². The van der Waals surface area contributed by atoms with Crippen LogP contribution in [0.3, 0.4) is 0 Å². The molecule has 2 aromatic rings. The Morgan fingerprint density at radius 2 is 1.90 bits per heavy atom. The number of aryl methyl sites for hydroxylation is 1. The average Bonchev–Trinajstić information content (AvgIpc) is 2.87. The molecule has 3 nitrogen and oxygen atoms in total. The monoisotopic (exact) mass is 271 g/mol. The van der Waals surface area contributed by atoms with Crippen LogP contribution >= 0.6 is 0 Å². The molecule has 0 aliphatic rings. The molecule has 1 aromatic carbocycles. The van der Waals surface area contributed by atoms with Crippen LogP contribution in [-0.2, 0) is 19.6 Å². The van der Waals surface area contributed by atoms with Gasteiger partial charge in [-0.3, -0.25) is 0 Å². The fraction of sp³-hybridized carbons (Fsp3) is 0.471. The van der Waals surface area contributed by atoms with E-state index in [4.69, 9.17) is 0 Å². The highest BCUT2D eigenvalue weighted by molar-refractivity contribution is 5.24. The van der Waals surface area contributed by atoms with Gasteiger partial charge in [0.1, 0.15) is 5.82 Å². The number of aromatic nitrogens is 2. The molecule has 0 fully saturated rings. The third-order valence-electron chi connectivity index (χ3n) is 3.52. The molecule has 108 valence electrons. The molecule has 0 radical (unpaired) electrons. The molecule has 0 spiro atoms. The maximum Gasteiger partial charge on any atom is 0.122 e. The lowest BCUT2D eigenvalue weighted by Crippen LogP contribution is -2.16. The summed E-state index contributed by atoms with van der Waals surface area (Å²) in [5.41, 5.74) is 2.72. The topological polar surface area (TPSA) is 29.9 Å². The Kier molecular flexibility index (Phi) is 5.36. The fourth-order valence-corrected chi connectivity index (χ4v) is 2.29. The number of rotatable bonds is 7. The van der Waals surface area contributed by atoms with Crippen molar-refractivity contribution in [3.63, 3.8) is 0 Å². The standard InChI is InChI=1S/C17H25N3/c1-4-10-20-11-9-19-17(20)13-18-12-15-5-7-16(8-6-15)14(2)3/h5-9,11,14,18H,4,10,12-13H2,1-3H3. The highest BCUT2D eigenvalue weighted by Gasteiger charge is 2.02. The van der Waals surface area contributed by atoms with Gasteiger partial charge in [-0.15, -0.1) is 0 Å². The van der Waals surface area contributed by atoms with Crippen LogP contribution in [0.25, 0.3) is 0 Å². The molecule has 1 aromatic heterocycles. The Morgan fingerprint density at radius 3 is 2.55 bits per heavy atom. The van der Waals surface area contributed by atoms with Gasteiger partial charge in [0, 0.05) is 25.5 Å². The molecule has 0 saturated carbocycles. The highest BCUT2D eigenvalue weighted by Crippen LogP contribution is 2.14. The molecule has 20 heavy (non-hydrogen) atoms. The van der Waals surface area contributed by atoms with Crippen LogP contribution in [0, 0.1) is 0 Å². The van der Waals surface area contributed by atoms with Gasteiger partial charge in [-0.25, -0.2) is 4.98 Å². The Labute approximate surface area is 122 Å². The first-order valence-electron chi connectivity index (χ1n) is 7.50. The van der Waals surface area contributed by atoms with Crippen LogP contribution in [0.1, 0.15) is 50.1 Å². The predicted octanol–water partition coefficient (Wildman–Crippen LogP) is 3.71. The van der Waals surface area contributed by atoms with Crippen LogP contribution < -0.4 is 5.32 Å². The number of hydrogen-bond donors (Lipinski definition) is 1. The second-order valence-corrected chi connectivity index (χ2v) is 5.54. The zero-order valence-electron chi connectivity index (χ0n) is 12.8. The third kappa shape index (κ3) is 3.94. The summed E-state index contributed by atoms with van der Waals surface area (Å²) in [5, 5.41) is 3.47. The minimum atomic E-state index is 0.596. The summed E-state index contributed by atoms with van der Waals surface area (Å²) in [6.45, 7) is 9.38. The van der Waals surface area contributed by atoms with Crippen LogP contribution in [-0.4, -0.2) is 9.55 Å². The van der Waals surface area contributed by atoms with E-state index < -0.39 is 0 Å². The van der Waals surface area contributed by atoms with Gasteiger partial charge < -0.3 is 9.88 Å². The second-order valence-electron chi connectivity index (χ2n) is 5.54. The van der Waals surface area contributed by atoms with Crippen LogP contribution in [0.5, 0.6) is 0 Å². The van der Waals surface area contributed by atoms with Gasteiger partial charge in [-0.05, 0) is 23.5 Å². The van der Waals surface area contributed by atoms with Gasteiger partial charge in [-0.1, -0.05) is 45.0 Å². The van der Waals surface area contributed by atoms with Crippen LogP contribution in [0.4, 0.5) is 0 Å².